The first-order chi connectivity index (χ1) is 10.5. The highest BCUT2D eigenvalue weighted by atomic mass is 16.5. The van der Waals surface area contributed by atoms with Gasteiger partial charge >= 0.3 is 0 Å². The zero-order valence-electron chi connectivity index (χ0n) is 12.6. The largest absolute Gasteiger partial charge is 0.508 e. The molecule has 2 aromatic rings. The van der Waals surface area contributed by atoms with Crippen LogP contribution in [0.2, 0.25) is 0 Å². The molecule has 1 unspecified atom stereocenters. The number of phenolic OH excluding ortho intramolecular Hbond substituents is 1. The predicted octanol–water partition coefficient (Wildman–Crippen LogP) is 3.70. The van der Waals surface area contributed by atoms with E-state index in [2.05, 4.69) is 0 Å². The molecule has 0 spiro atoms. The van der Waals surface area contributed by atoms with Crippen LogP contribution in [0.1, 0.15) is 19.4 Å². The van der Waals surface area contributed by atoms with Crippen molar-refractivity contribution in [2.75, 3.05) is 0 Å². The van der Waals surface area contributed by atoms with E-state index in [4.69, 9.17) is 0 Å². The van der Waals surface area contributed by atoms with Crippen molar-refractivity contribution in [1.29, 1.82) is 0 Å². The summed E-state index contributed by atoms with van der Waals surface area (Å²) in [4.78, 5) is 11.1. The molecule has 0 saturated heterocycles. The fourth-order valence-electron chi connectivity index (χ4n) is 2.09. The van der Waals surface area contributed by atoms with E-state index >= 15 is 0 Å². The normalized spacial score (nSPS) is 12.3. The number of carbonyl (C=O) groups is 1. The number of benzene rings is 2. The number of carbonyl (C=O) groups excluding carboxylic acids is 1. The van der Waals surface area contributed by atoms with Gasteiger partial charge in [0.1, 0.15) is 5.75 Å². The van der Waals surface area contributed by atoms with Crippen molar-refractivity contribution < 1.29 is 15.1 Å². The standard InChI is InChI=1S/C18H19NO3/c1-13(19(22)14(2)20)6-7-15-4-3-5-17(12-15)16-8-10-18(21)11-9-16/h3-13,21-22H,1-2H3/b7-6+. The molecule has 0 aliphatic heterocycles. The average molecular weight is 297 g/mol. The van der Waals surface area contributed by atoms with Crippen LogP contribution in [0.4, 0.5) is 0 Å². The second-order valence-corrected chi connectivity index (χ2v) is 5.14. The molecule has 0 fully saturated rings. The highest BCUT2D eigenvalue weighted by Crippen LogP contribution is 2.23. The third-order valence-electron chi connectivity index (χ3n) is 3.36. The van der Waals surface area contributed by atoms with Crippen LogP contribution in [-0.2, 0) is 4.79 Å². The lowest BCUT2D eigenvalue weighted by atomic mass is 10.0. The van der Waals surface area contributed by atoms with E-state index < -0.39 is 11.9 Å². The van der Waals surface area contributed by atoms with Crippen LogP contribution in [0.5, 0.6) is 5.75 Å². The number of aromatic hydroxyl groups is 1. The maximum atomic E-state index is 11.1. The molecule has 0 saturated carbocycles. The summed E-state index contributed by atoms with van der Waals surface area (Å²) in [5.74, 6) is -0.157. The quantitative estimate of drug-likeness (QED) is 0.668. The molecule has 1 amide bonds. The van der Waals surface area contributed by atoms with E-state index in [9.17, 15) is 15.1 Å². The zero-order chi connectivity index (χ0) is 16.1. The first kappa shape index (κ1) is 15.8. The third-order valence-corrected chi connectivity index (χ3v) is 3.36. The highest BCUT2D eigenvalue weighted by molar-refractivity contribution is 5.73. The van der Waals surface area contributed by atoms with E-state index in [1.165, 1.54) is 6.92 Å². The minimum atomic E-state index is -0.394. The van der Waals surface area contributed by atoms with Crippen molar-refractivity contribution in [3.63, 3.8) is 0 Å². The molecular weight excluding hydrogens is 278 g/mol. The van der Waals surface area contributed by atoms with Crippen molar-refractivity contribution in [3.8, 4) is 16.9 Å². The molecule has 4 heteroatoms. The molecule has 0 radical (unpaired) electrons. The third kappa shape index (κ3) is 3.96. The Morgan fingerprint density at radius 1 is 1.14 bits per heavy atom. The second kappa shape index (κ2) is 6.91. The molecule has 4 nitrogen and oxygen atoms in total. The van der Waals surface area contributed by atoms with Gasteiger partial charge < -0.3 is 5.11 Å². The van der Waals surface area contributed by atoms with Crippen LogP contribution in [0.25, 0.3) is 17.2 Å². The van der Waals surface area contributed by atoms with E-state index in [0.29, 0.717) is 5.06 Å². The molecule has 0 bridgehead atoms. The Bertz CT molecular complexity index is 677. The van der Waals surface area contributed by atoms with Crippen LogP contribution in [0.15, 0.2) is 54.6 Å². The molecule has 0 aliphatic rings. The lowest BCUT2D eigenvalue weighted by Crippen LogP contribution is -2.32. The van der Waals surface area contributed by atoms with Crippen LogP contribution < -0.4 is 0 Å². The van der Waals surface area contributed by atoms with Crippen molar-refractivity contribution in [1.82, 2.24) is 5.06 Å². The Morgan fingerprint density at radius 2 is 1.82 bits per heavy atom. The molecule has 1 atom stereocenters. The number of hydroxylamine groups is 2. The predicted molar refractivity (Wildman–Crippen MR) is 86.3 cm³/mol. The summed E-state index contributed by atoms with van der Waals surface area (Å²) < 4.78 is 0. The molecule has 22 heavy (non-hydrogen) atoms. The topological polar surface area (TPSA) is 60.8 Å². The van der Waals surface area contributed by atoms with Gasteiger partial charge in [-0.3, -0.25) is 10.0 Å². The average Bonchev–Trinajstić information content (AvgIpc) is 2.52. The Labute approximate surface area is 129 Å². The molecule has 2 rings (SSSR count). The van der Waals surface area contributed by atoms with Gasteiger partial charge in [-0.1, -0.05) is 42.5 Å². The smallest absolute Gasteiger partial charge is 0.243 e. The number of hydrogen-bond donors (Lipinski definition) is 2. The fourth-order valence-corrected chi connectivity index (χ4v) is 2.09. The summed E-state index contributed by atoms with van der Waals surface area (Å²) in [6.07, 6.45) is 3.62. The van der Waals surface area contributed by atoms with E-state index in [0.717, 1.165) is 16.7 Å². The molecular formula is C18H19NO3. The van der Waals surface area contributed by atoms with Gasteiger partial charge in [0.25, 0.3) is 0 Å². The monoisotopic (exact) mass is 297 g/mol. The summed E-state index contributed by atoms with van der Waals surface area (Å²) in [6, 6.07) is 14.5. The molecule has 2 N–H and O–H groups in total. The number of rotatable bonds is 4. The Balaban J connectivity index is 2.18. The van der Waals surface area contributed by atoms with Crippen LogP contribution in [-0.4, -0.2) is 27.3 Å². The summed E-state index contributed by atoms with van der Waals surface area (Å²) >= 11 is 0. The highest BCUT2D eigenvalue weighted by Gasteiger charge is 2.10. The first-order valence-electron chi connectivity index (χ1n) is 7.03. The van der Waals surface area contributed by atoms with E-state index in [-0.39, 0.29) is 5.75 Å². The van der Waals surface area contributed by atoms with Crippen molar-refractivity contribution in [2.45, 2.75) is 19.9 Å². The van der Waals surface area contributed by atoms with E-state index in [1.54, 1.807) is 25.1 Å². The maximum absolute atomic E-state index is 11.1. The maximum Gasteiger partial charge on any atom is 0.243 e. The van der Waals surface area contributed by atoms with Gasteiger partial charge in [0, 0.05) is 6.92 Å². The summed E-state index contributed by atoms with van der Waals surface area (Å²) in [5.41, 5.74) is 3.00. The summed E-state index contributed by atoms with van der Waals surface area (Å²) in [5, 5.41) is 19.6. The molecule has 114 valence electrons. The lowest BCUT2D eigenvalue weighted by Gasteiger charge is -2.17. The molecule has 2 aromatic carbocycles. The number of hydrogen-bond acceptors (Lipinski definition) is 3. The van der Waals surface area contributed by atoms with Gasteiger partial charge in [-0.2, -0.15) is 0 Å². The van der Waals surface area contributed by atoms with Crippen LogP contribution >= 0.6 is 0 Å². The zero-order valence-corrected chi connectivity index (χ0v) is 12.6. The van der Waals surface area contributed by atoms with Gasteiger partial charge in [0.15, 0.2) is 0 Å². The van der Waals surface area contributed by atoms with Gasteiger partial charge in [-0.05, 0) is 41.8 Å². The Hall–Kier alpha value is -2.59. The first-order valence-corrected chi connectivity index (χ1v) is 7.03. The Kier molecular flexibility index (Phi) is 4.96. The minimum Gasteiger partial charge on any atom is -0.508 e. The van der Waals surface area contributed by atoms with Gasteiger partial charge in [0.2, 0.25) is 5.91 Å². The number of nitrogens with zero attached hydrogens (tertiary/aromatic N) is 1. The van der Waals surface area contributed by atoms with Crippen LogP contribution in [0, 0.1) is 0 Å². The summed E-state index contributed by atoms with van der Waals surface area (Å²) in [6.45, 7) is 3.05. The second-order valence-electron chi connectivity index (χ2n) is 5.14. The fraction of sp³-hybridized carbons (Fsp3) is 0.167. The van der Waals surface area contributed by atoms with Gasteiger partial charge in [-0.25, -0.2) is 5.06 Å². The minimum absolute atomic E-state index is 0.237. The molecule has 0 heterocycles. The van der Waals surface area contributed by atoms with Crippen molar-refractivity contribution >= 4 is 12.0 Å². The summed E-state index contributed by atoms with van der Waals surface area (Å²) in [7, 11) is 0. The number of amides is 1. The van der Waals surface area contributed by atoms with Gasteiger partial charge in [-0.15, -0.1) is 0 Å². The van der Waals surface area contributed by atoms with Crippen molar-refractivity contribution in [2.24, 2.45) is 0 Å². The molecule has 0 aliphatic carbocycles. The van der Waals surface area contributed by atoms with Crippen molar-refractivity contribution in [3.05, 3.63) is 60.2 Å². The van der Waals surface area contributed by atoms with Gasteiger partial charge in [0.05, 0.1) is 6.04 Å². The van der Waals surface area contributed by atoms with E-state index in [1.807, 2.05) is 42.5 Å². The van der Waals surface area contributed by atoms with Crippen LogP contribution in [0.3, 0.4) is 0 Å². The molecule has 0 aromatic heterocycles. The Morgan fingerprint density at radius 3 is 2.45 bits per heavy atom. The number of phenols is 1. The SMILES string of the molecule is CC(=O)N(O)C(C)/C=C/c1cccc(-c2ccc(O)cc2)c1. The lowest BCUT2D eigenvalue weighted by molar-refractivity contribution is -0.167.